The normalized spacial score (nSPS) is 13.7. The van der Waals surface area contributed by atoms with Gasteiger partial charge in [-0.15, -0.1) is 0 Å². The van der Waals surface area contributed by atoms with Crippen molar-refractivity contribution >= 4 is 11.6 Å². The van der Waals surface area contributed by atoms with E-state index < -0.39 is 0 Å². The number of hydrogen-bond acceptors (Lipinski definition) is 6. The molecule has 0 amide bonds. The second kappa shape index (κ2) is 5.47. The van der Waals surface area contributed by atoms with Crippen molar-refractivity contribution in [2.75, 3.05) is 31.4 Å². The predicted octanol–water partition coefficient (Wildman–Crippen LogP) is 1.64. The number of ether oxygens (including phenoxy) is 2. The molecular weight excluding hydrogens is 268 g/mol. The van der Waals surface area contributed by atoms with Gasteiger partial charge in [-0.2, -0.15) is 9.97 Å². The van der Waals surface area contributed by atoms with Gasteiger partial charge in [-0.3, -0.25) is 0 Å². The molecule has 1 aromatic heterocycles. The Morgan fingerprint density at radius 2 is 1.76 bits per heavy atom. The van der Waals surface area contributed by atoms with Gasteiger partial charge in [0.2, 0.25) is 17.7 Å². The van der Waals surface area contributed by atoms with Gasteiger partial charge >= 0.3 is 0 Å². The summed E-state index contributed by atoms with van der Waals surface area (Å²) in [5.41, 5.74) is 9.19. The van der Waals surface area contributed by atoms with Crippen LogP contribution in [0.1, 0.15) is 11.1 Å². The Kier molecular flexibility index (Phi) is 3.51. The third-order valence-electron chi connectivity index (χ3n) is 3.61. The number of nitrogen functional groups attached to an aromatic ring is 1. The standard InChI is InChI=1S/C15H18N4O2/c1-20-13-8-14(21-2)18-15(17-13)19-6-5-10-3-4-12(16)7-11(10)9-19/h3-4,7-8H,5-6,9,16H2,1-2H3. The minimum absolute atomic E-state index is 0.496. The van der Waals surface area contributed by atoms with Crippen LogP contribution in [0.2, 0.25) is 0 Å². The van der Waals surface area contributed by atoms with Crippen LogP contribution >= 0.6 is 0 Å². The van der Waals surface area contributed by atoms with Crippen LogP contribution in [0, 0.1) is 0 Å². The first-order valence-corrected chi connectivity index (χ1v) is 6.79. The van der Waals surface area contributed by atoms with E-state index in [2.05, 4.69) is 20.9 Å². The molecule has 0 radical (unpaired) electrons. The van der Waals surface area contributed by atoms with Crippen LogP contribution in [-0.4, -0.2) is 30.7 Å². The Hall–Kier alpha value is -2.50. The van der Waals surface area contributed by atoms with E-state index in [1.165, 1.54) is 11.1 Å². The van der Waals surface area contributed by atoms with Crippen molar-refractivity contribution < 1.29 is 9.47 Å². The maximum Gasteiger partial charge on any atom is 0.232 e. The summed E-state index contributed by atoms with van der Waals surface area (Å²) in [6.45, 7) is 1.59. The Bertz CT molecular complexity index is 638. The fourth-order valence-electron chi connectivity index (χ4n) is 2.49. The monoisotopic (exact) mass is 286 g/mol. The van der Waals surface area contributed by atoms with Gasteiger partial charge in [0.15, 0.2) is 0 Å². The molecule has 3 rings (SSSR count). The van der Waals surface area contributed by atoms with Crippen LogP contribution < -0.4 is 20.1 Å². The van der Waals surface area contributed by atoms with E-state index in [1.54, 1.807) is 20.3 Å². The maximum absolute atomic E-state index is 5.87. The molecule has 1 aliphatic rings. The summed E-state index contributed by atoms with van der Waals surface area (Å²) < 4.78 is 10.4. The zero-order valence-corrected chi connectivity index (χ0v) is 12.2. The quantitative estimate of drug-likeness (QED) is 0.865. The lowest BCUT2D eigenvalue weighted by molar-refractivity contribution is 0.371. The number of methoxy groups -OCH3 is 2. The summed E-state index contributed by atoms with van der Waals surface area (Å²) in [4.78, 5) is 10.9. The lowest BCUT2D eigenvalue weighted by Gasteiger charge is -2.29. The highest BCUT2D eigenvalue weighted by molar-refractivity contribution is 5.49. The minimum Gasteiger partial charge on any atom is -0.481 e. The van der Waals surface area contributed by atoms with Crippen molar-refractivity contribution in [2.24, 2.45) is 0 Å². The van der Waals surface area contributed by atoms with Crippen LogP contribution in [0.5, 0.6) is 11.8 Å². The van der Waals surface area contributed by atoms with Gasteiger partial charge in [-0.05, 0) is 29.7 Å². The van der Waals surface area contributed by atoms with E-state index >= 15 is 0 Å². The lowest BCUT2D eigenvalue weighted by Crippen LogP contribution is -2.32. The van der Waals surface area contributed by atoms with E-state index in [-0.39, 0.29) is 0 Å². The largest absolute Gasteiger partial charge is 0.481 e. The summed E-state index contributed by atoms with van der Waals surface area (Å²) in [6.07, 6.45) is 0.943. The highest BCUT2D eigenvalue weighted by atomic mass is 16.5. The van der Waals surface area contributed by atoms with Crippen molar-refractivity contribution in [1.82, 2.24) is 9.97 Å². The summed E-state index contributed by atoms with van der Waals surface area (Å²) in [5.74, 6) is 1.60. The number of hydrogen-bond donors (Lipinski definition) is 1. The van der Waals surface area contributed by atoms with Crippen LogP contribution in [0.4, 0.5) is 11.6 Å². The second-order valence-corrected chi connectivity index (χ2v) is 4.95. The Morgan fingerprint density at radius 1 is 1.05 bits per heavy atom. The van der Waals surface area contributed by atoms with E-state index in [0.29, 0.717) is 17.7 Å². The molecule has 0 unspecified atom stereocenters. The molecule has 0 atom stereocenters. The van der Waals surface area contributed by atoms with Crippen LogP contribution in [0.3, 0.4) is 0 Å². The molecule has 0 saturated heterocycles. The Labute approximate surface area is 123 Å². The fourth-order valence-corrected chi connectivity index (χ4v) is 2.49. The molecule has 0 fully saturated rings. The number of rotatable bonds is 3. The summed E-state index contributed by atoms with van der Waals surface area (Å²) in [6, 6.07) is 7.72. The van der Waals surface area contributed by atoms with Crippen molar-refractivity contribution in [3.8, 4) is 11.8 Å². The molecule has 6 nitrogen and oxygen atoms in total. The zero-order valence-electron chi connectivity index (χ0n) is 12.2. The fraction of sp³-hybridized carbons (Fsp3) is 0.333. The lowest BCUT2D eigenvalue weighted by atomic mass is 9.99. The predicted molar refractivity (Wildman–Crippen MR) is 80.7 cm³/mol. The first-order chi connectivity index (χ1) is 10.2. The highest BCUT2D eigenvalue weighted by Gasteiger charge is 2.20. The number of benzene rings is 1. The average Bonchev–Trinajstić information content (AvgIpc) is 2.53. The molecule has 0 aliphatic carbocycles. The molecule has 1 aromatic carbocycles. The van der Waals surface area contributed by atoms with E-state index in [1.807, 2.05) is 12.1 Å². The number of anilines is 2. The topological polar surface area (TPSA) is 73.5 Å². The molecule has 110 valence electrons. The van der Waals surface area contributed by atoms with Crippen LogP contribution in [-0.2, 0) is 13.0 Å². The van der Waals surface area contributed by atoms with Crippen molar-refractivity contribution in [3.05, 3.63) is 35.4 Å². The second-order valence-electron chi connectivity index (χ2n) is 4.95. The average molecular weight is 286 g/mol. The maximum atomic E-state index is 5.87. The Morgan fingerprint density at radius 3 is 2.43 bits per heavy atom. The summed E-state index contributed by atoms with van der Waals surface area (Å²) in [5, 5.41) is 0. The number of nitrogens with two attached hydrogens (primary N) is 1. The van der Waals surface area contributed by atoms with Crippen LogP contribution in [0.15, 0.2) is 24.3 Å². The van der Waals surface area contributed by atoms with E-state index in [9.17, 15) is 0 Å². The van der Waals surface area contributed by atoms with Gasteiger partial charge < -0.3 is 20.1 Å². The molecular formula is C15H18N4O2. The van der Waals surface area contributed by atoms with Crippen LogP contribution in [0.25, 0.3) is 0 Å². The SMILES string of the molecule is COc1cc(OC)nc(N2CCc3ccc(N)cc3C2)n1. The molecule has 2 heterocycles. The van der Waals surface area contributed by atoms with Gasteiger partial charge in [-0.1, -0.05) is 6.07 Å². The molecule has 0 saturated carbocycles. The van der Waals surface area contributed by atoms with Gasteiger partial charge in [0, 0.05) is 18.8 Å². The molecule has 0 bridgehead atoms. The Balaban J connectivity index is 1.92. The van der Waals surface area contributed by atoms with Crippen molar-refractivity contribution in [3.63, 3.8) is 0 Å². The van der Waals surface area contributed by atoms with Gasteiger partial charge in [0.05, 0.1) is 20.3 Å². The molecule has 2 N–H and O–H groups in total. The first-order valence-electron chi connectivity index (χ1n) is 6.79. The molecule has 6 heteroatoms. The molecule has 2 aromatic rings. The number of nitrogens with zero attached hydrogens (tertiary/aromatic N) is 3. The third-order valence-corrected chi connectivity index (χ3v) is 3.61. The number of fused-ring (bicyclic) bond motifs is 1. The third kappa shape index (κ3) is 2.69. The van der Waals surface area contributed by atoms with Crippen molar-refractivity contribution in [2.45, 2.75) is 13.0 Å². The first kappa shape index (κ1) is 13.5. The zero-order chi connectivity index (χ0) is 14.8. The van der Waals surface area contributed by atoms with Gasteiger partial charge in [0.1, 0.15) is 0 Å². The van der Waals surface area contributed by atoms with Crippen molar-refractivity contribution in [1.29, 1.82) is 0 Å². The van der Waals surface area contributed by atoms with Gasteiger partial charge in [-0.25, -0.2) is 0 Å². The molecule has 0 spiro atoms. The molecule has 21 heavy (non-hydrogen) atoms. The number of aromatic nitrogens is 2. The highest BCUT2D eigenvalue weighted by Crippen LogP contribution is 2.26. The smallest absolute Gasteiger partial charge is 0.232 e. The minimum atomic E-state index is 0.496. The van der Waals surface area contributed by atoms with Gasteiger partial charge in [0.25, 0.3) is 0 Å². The van der Waals surface area contributed by atoms with E-state index in [4.69, 9.17) is 15.2 Å². The summed E-state index contributed by atoms with van der Waals surface area (Å²) in [7, 11) is 3.16. The summed E-state index contributed by atoms with van der Waals surface area (Å²) >= 11 is 0. The van der Waals surface area contributed by atoms with E-state index in [0.717, 1.165) is 25.2 Å². The molecule has 1 aliphatic heterocycles.